The van der Waals surface area contributed by atoms with Gasteiger partial charge in [-0.2, -0.15) is 0 Å². The van der Waals surface area contributed by atoms with Crippen LogP contribution >= 0.6 is 11.6 Å². The van der Waals surface area contributed by atoms with E-state index in [9.17, 15) is 9.18 Å². The molecule has 0 bridgehead atoms. The normalized spacial score (nSPS) is 10.2. The van der Waals surface area contributed by atoms with Crippen molar-refractivity contribution in [2.24, 2.45) is 0 Å². The van der Waals surface area contributed by atoms with E-state index in [4.69, 9.17) is 16.3 Å². The van der Waals surface area contributed by atoms with Crippen LogP contribution in [0.25, 0.3) is 0 Å². The molecular formula is C16H15ClFNO2. The van der Waals surface area contributed by atoms with Gasteiger partial charge in [-0.1, -0.05) is 17.7 Å². The van der Waals surface area contributed by atoms with Gasteiger partial charge in [0.25, 0.3) is 5.91 Å². The predicted molar refractivity (Wildman–Crippen MR) is 80.3 cm³/mol. The minimum Gasteiger partial charge on any atom is -0.492 e. The lowest BCUT2D eigenvalue weighted by Crippen LogP contribution is -2.30. The van der Waals surface area contributed by atoms with Gasteiger partial charge >= 0.3 is 0 Å². The van der Waals surface area contributed by atoms with Gasteiger partial charge in [0, 0.05) is 17.6 Å². The van der Waals surface area contributed by atoms with Crippen molar-refractivity contribution in [2.75, 3.05) is 20.2 Å². The fourth-order valence-corrected chi connectivity index (χ4v) is 1.95. The molecule has 3 nitrogen and oxygen atoms in total. The molecule has 110 valence electrons. The van der Waals surface area contributed by atoms with Crippen LogP contribution in [0.15, 0.2) is 48.5 Å². The number of likely N-dealkylation sites (N-methyl/N-ethyl adjacent to an activating group) is 1. The number of halogens is 2. The largest absolute Gasteiger partial charge is 0.492 e. The first-order valence-corrected chi connectivity index (χ1v) is 6.83. The van der Waals surface area contributed by atoms with Crippen LogP contribution in [0.1, 0.15) is 10.4 Å². The first-order valence-electron chi connectivity index (χ1n) is 6.45. The summed E-state index contributed by atoms with van der Waals surface area (Å²) < 4.78 is 18.3. The second kappa shape index (κ2) is 7.09. The molecule has 0 fully saturated rings. The highest BCUT2D eigenvalue weighted by molar-refractivity contribution is 6.30. The molecule has 0 spiro atoms. The lowest BCUT2D eigenvalue weighted by molar-refractivity contribution is 0.0773. The van der Waals surface area contributed by atoms with E-state index in [1.165, 1.54) is 29.2 Å². The maximum atomic E-state index is 12.8. The lowest BCUT2D eigenvalue weighted by atomic mass is 10.2. The first-order chi connectivity index (χ1) is 10.1. The number of hydrogen-bond donors (Lipinski definition) is 0. The van der Waals surface area contributed by atoms with Crippen LogP contribution in [0.2, 0.25) is 5.02 Å². The van der Waals surface area contributed by atoms with Crippen molar-refractivity contribution in [3.8, 4) is 5.75 Å². The number of benzene rings is 2. The Kier molecular flexibility index (Phi) is 5.17. The van der Waals surface area contributed by atoms with Crippen molar-refractivity contribution in [1.29, 1.82) is 0 Å². The minimum atomic E-state index is -0.363. The Morgan fingerprint density at radius 2 is 1.95 bits per heavy atom. The molecule has 1 amide bonds. The maximum Gasteiger partial charge on any atom is 0.253 e. The topological polar surface area (TPSA) is 29.5 Å². The van der Waals surface area contributed by atoms with Crippen LogP contribution in [0.4, 0.5) is 4.39 Å². The van der Waals surface area contributed by atoms with Gasteiger partial charge in [0.2, 0.25) is 0 Å². The van der Waals surface area contributed by atoms with E-state index in [1.54, 1.807) is 31.3 Å². The molecule has 0 atom stereocenters. The van der Waals surface area contributed by atoms with Crippen molar-refractivity contribution in [2.45, 2.75) is 0 Å². The molecule has 5 heteroatoms. The number of ether oxygens (including phenoxy) is 1. The molecule has 2 aromatic carbocycles. The van der Waals surface area contributed by atoms with Gasteiger partial charge in [-0.25, -0.2) is 4.39 Å². The summed E-state index contributed by atoms with van der Waals surface area (Å²) >= 11 is 5.85. The molecule has 0 N–H and O–H groups in total. The molecule has 2 rings (SSSR count). The summed E-state index contributed by atoms with van der Waals surface area (Å²) in [7, 11) is 1.67. The number of hydrogen-bond acceptors (Lipinski definition) is 2. The minimum absolute atomic E-state index is 0.176. The van der Waals surface area contributed by atoms with Crippen LogP contribution in [-0.4, -0.2) is 31.0 Å². The SMILES string of the molecule is CN(CCOc1cccc(Cl)c1)C(=O)c1ccc(F)cc1. The molecule has 2 aromatic rings. The Morgan fingerprint density at radius 3 is 2.62 bits per heavy atom. The van der Waals surface area contributed by atoms with Crippen LogP contribution in [0, 0.1) is 5.82 Å². The van der Waals surface area contributed by atoms with E-state index in [1.807, 2.05) is 0 Å². The quantitative estimate of drug-likeness (QED) is 0.844. The van der Waals surface area contributed by atoms with Crippen molar-refractivity contribution in [3.05, 3.63) is 64.9 Å². The Labute approximate surface area is 127 Å². The van der Waals surface area contributed by atoms with Gasteiger partial charge in [-0.3, -0.25) is 4.79 Å². The third kappa shape index (κ3) is 4.46. The number of nitrogens with zero attached hydrogens (tertiary/aromatic N) is 1. The van der Waals surface area contributed by atoms with Gasteiger partial charge in [0.15, 0.2) is 0 Å². The Hall–Kier alpha value is -2.07. The average molecular weight is 308 g/mol. The van der Waals surface area contributed by atoms with E-state index >= 15 is 0 Å². The molecule has 0 saturated carbocycles. The lowest BCUT2D eigenvalue weighted by Gasteiger charge is -2.17. The summed E-state index contributed by atoms with van der Waals surface area (Å²) in [5, 5.41) is 0.600. The molecule has 0 heterocycles. The average Bonchev–Trinajstić information content (AvgIpc) is 2.47. The van der Waals surface area contributed by atoms with E-state index in [0.717, 1.165) is 0 Å². The van der Waals surface area contributed by atoms with E-state index < -0.39 is 0 Å². The zero-order chi connectivity index (χ0) is 15.2. The van der Waals surface area contributed by atoms with Gasteiger partial charge < -0.3 is 9.64 Å². The molecule has 0 aromatic heterocycles. The highest BCUT2D eigenvalue weighted by Gasteiger charge is 2.11. The third-order valence-corrected chi connectivity index (χ3v) is 3.16. The molecule has 0 aliphatic rings. The zero-order valence-electron chi connectivity index (χ0n) is 11.6. The number of amides is 1. The third-order valence-electron chi connectivity index (χ3n) is 2.93. The van der Waals surface area contributed by atoms with E-state index in [2.05, 4.69) is 0 Å². The summed E-state index contributed by atoms with van der Waals surface area (Å²) in [4.78, 5) is 13.6. The smallest absolute Gasteiger partial charge is 0.253 e. The molecule has 0 aliphatic carbocycles. The van der Waals surface area contributed by atoms with Crippen LogP contribution in [-0.2, 0) is 0 Å². The van der Waals surface area contributed by atoms with Crippen molar-refractivity contribution < 1.29 is 13.9 Å². The zero-order valence-corrected chi connectivity index (χ0v) is 12.3. The summed E-state index contributed by atoms with van der Waals surface area (Å²) in [6.45, 7) is 0.770. The second-order valence-corrected chi connectivity index (χ2v) is 4.98. The fourth-order valence-electron chi connectivity index (χ4n) is 1.77. The molecular weight excluding hydrogens is 293 g/mol. The van der Waals surface area contributed by atoms with Gasteiger partial charge in [0.05, 0.1) is 6.54 Å². The maximum absolute atomic E-state index is 12.8. The van der Waals surface area contributed by atoms with Crippen molar-refractivity contribution in [3.63, 3.8) is 0 Å². The number of carbonyl (C=O) groups is 1. The highest BCUT2D eigenvalue weighted by Crippen LogP contribution is 2.17. The standard InChI is InChI=1S/C16H15ClFNO2/c1-19(16(20)12-5-7-14(18)8-6-12)9-10-21-15-4-2-3-13(17)11-15/h2-8,11H,9-10H2,1H3. The van der Waals surface area contributed by atoms with E-state index in [-0.39, 0.29) is 11.7 Å². The Morgan fingerprint density at radius 1 is 1.24 bits per heavy atom. The molecule has 0 radical (unpaired) electrons. The monoisotopic (exact) mass is 307 g/mol. The van der Waals surface area contributed by atoms with Gasteiger partial charge in [0.1, 0.15) is 18.2 Å². The summed E-state index contributed by atoms with van der Waals surface area (Å²) in [5.41, 5.74) is 0.446. The van der Waals surface area contributed by atoms with Crippen LogP contribution < -0.4 is 4.74 Å². The van der Waals surface area contributed by atoms with Crippen LogP contribution in [0.5, 0.6) is 5.75 Å². The van der Waals surface area contributed by atoms with Crippen LogP contribution in [0.3, 0.4) is 0 Å². The van der Waals surface area contributed by atoms with Crippen molar-refractivity contribution >= 4 is 17.5 Å². The first kappa shape index (κ1) is 15.3. The summed E-state index contributed by atoms with van der Waals surface area (Å²) in [5.74, 6) is 0.119. The fraction of sp³-hybridized carbons (Fsp3) is 0.188. The molecule has 0 saturated heterocycles. The van der Waals surface area contributed by atoms with Crippen molar-refractivity contribution in [1.82, 2.24) is 4.90 Å². The number of rotatable bonds is 5. The summed E-state index contributed by atoms with van der Waals surface area (Å²) in [6.07, 6.45) is 0. The summed E-state index contributed by atoms with van der Waals surface area (Å²) in [6, 6.07) is 12.5. The number of carbonyl (C=O) groups excluding carboxylic acids is 1. The second-order valence-electron chi connectivity index (χ2n) is 4.54. The Bertz CT molecular complexity index is 616. The Balaban J connectivity index is 1.85. The van der Waals surface area contributed by atoms with Gasteiger partial charge in [-0.05, 0) is 42.5 Å². The highest BCUT2D eigenvalue weighted by atomic mass is 35.5. The molecule has 0 aliphatic heterocycles. The predicted octanol–water partition coefficient (Wildman–Crippen LogP) is 3.63. The molecule has 21 heavy (non-hydrogen) atoms. The van der Waals surface area contributed by atoms with E-state index in [0.29, 0.717) is 29.5 Å². The van der Waals surface area contributed by atoms with Gasteiger partial charge in [-0.15, -0.1) is 0 Å². The molecule has 0 unspecified atom stereocenters.